The standard InChI is InChI=1S/C23H31N5OS/c1-3-18-15-26-21(30-18)10-12-25-23(24-2)28-16-17(19-7-4-5-8-20(19)28)11-14-27-13-6-9-22(27)29/h4-5,7-8,15,17H,3,6,9-14,16H2,1-2H3,(H,24,25). The quantitative estimate of drug-likeness (QED) is 0.545. The molecule has 1 aromatic heterocycles. The van der Waals surface area contributed by atoms with Crippen molar-refractivity contribution in [3.05, 3.63) is 45.9 Å². The topological polar surface area (TPSA) is 60.8 Å². The molecule has 1 N–H and O–H groups in total. The molecule has 2 aliphatic heterocycles. The number of carbonyl (C=O) groups is 1. The number of thiazole rings is 1. The third kappa shape index (κ3) is 4.51. The maximum absolute atomic E-state index is 12.0. The van der Waals surface area contributed by atoms with Gasteiger partial charge in [0.25, 0.3) is 0 Å². The molecule has 1 atom stereocenters. The summed E-state index contributed by atoms with van der Waals surface area (Å²) >= 11 is 1.80. The van der Waals surface area contributed by atoms with Crippen LogP contribution in [0.3, 0.4) is 0 Å². The van der Waals surface area contributed by atoms with E-state index in [1.807, 2.05) is 18.1 Å². The van der Waals surface area contributed by atoms with Crippen LogP contribution in [0.2, 0.25) is 0 Å². The van der Waals surface area contributed by atoms with Gasteiger partial charge in [-0.1, -0.05) is 25.1 Å². The molecule has 0 bridgehead atoms. The fourth-order valence-electron chi connectivity index (χ4n) is 4.40. The summed E-state index contributed by atoms with van der Waals surface area (Å²) in [5, 5.41) is 4.70. The van der Waals surface area contributed by atoms with E-state index in [0.717, 1.165) is 57.8 Å². The van der Waals surface area contributed by atoms with Crippen LogP contribution in [0.1, 0.15) is 47.6 Å². The van der Waals surface area contributed by atoms with Gasteiger partial charge in [0.1, 0.15) is 0 Å². The van der Waals surface area contributed by atoms with Gasteiger partial charge in [0.2, 0.25) is 5.91 Å². The highest BCUT2D eigenvalue weighted by molar-refractivity contribution is 7.11. The van der Waals surface area contributed by atoms with Gasteiger partial charge in [0.05, 0.1) is 5.01 Å². The zero-order chi connectivity index (χ0) is 20.9. The van der Waals surface area contributed by atoms with E-state index in [4.69, 9.17) is 0 Å². The molecule has 1 saturated heterocycles. The van der Waals surface area contributed by atoms with Crippen LogP contribution >= 0.6 is 11.3 Å². The van der Waals surface area contributed by atoms with Crippen LogP contribution in [0.15, 0.2) is 35.5 Å². The van der Waals surface area contributed by atoms with Crippen molar-refractivity contribution in [3.8, 4) is 0 Å². The second-order valence-electron chi connectivity index (χ2n) is 7.94. The van der Waals surface area contributed by atoms with E-state index in [2.05, 4.69) is 51.4 Å². The van der Waals surface area contributed by atoms with E-state index in [-0.39, 0.29) is 0 Å². The molecule has 1 amide bonds. The molecule has 2 aromatic rings. The summed E-state index contributed by atoms with van der Waals surface area (Å²) in [6, 6.07) is 8.60. The number of hydrogen-bond donors (Lipinski definition) is 1. The number of fused-ring (bicyclic) bond motifs is 1. The molecule has 1 fully saturated rings. The van der Waals surface area contributed by atoms with Crippen molar-refractivity contribution in [2.75, 3.05) is 38.1 Å². The number of aliphatic imine (C=N–C) groups is 1. The maximum Gasteiger partial charge on any atom is 0.222 e. The fraction of sp³-hybridized carbons (Fsp3) is 0.522. The second kappa shape index (κ2) is 9.60. The van der Waals surface area contributed by atoms with E-state index in [1.54, 1.807) is 11.3 Å². The molecule has 6 nitrogen and oxygen atoms in total. The number of rotatable bonds is 7. The zero-order valence-electron chi connectivity index (χ0n) is 17.9. The van der Waals surface area contributed by atoms with Crippen LogP contribution in [0.4, 0.5) is 5.69 Å². The Bertz CT molecular complexity index is 909. The summed E-state index contributed by atoms with van der Waals surface area (Å²) in [6.45, 7) is 5.64. The predicted molar refractivity (Wildman–Crippen MR) is 124 cm³/mol. The van der Waals surface area contributed by atoms with Crippen molar-refractivity contribution < 1.29 is 4.79 Å². The molecule has 1 unspecified atom stereocenters. The monoisotopic (exact) mass is 425 g/mol. The lowest BCUT2D eigenvalue weighted by Gasteiger charge is -2.23. The Kier molecular flexibility index (Phi) is 6.67. The zero-order valence-corrected chi connectivity index (χ0v) is 18.7. The number of aromatic nitrogens is 1. The minimum atomic E-state index is 0.309. The Labute approximate surface area is 183 Å². The van der Waals surface area contributed by atoms with Crippen LogP contribution < -0.4 is 10.2 Å². The molecule has 30 heavy (non-hydrogen) atoms. The fourth-order valence-corrected chi connectivity index (χ4v) is 5.26. The molecule has 0 saturated carbocycles. The summed E-state index contributed by atoms with van der Waals surface area (Å²) in [4.78, 5) is 26.7. The van der Waals surface area contributed by atoms with Gasteiger partial charge in [-0.2, -0.15) is 0 Å². The minimum absolute atomic E-state index is 0.309. The SMILES string of the molecule is CCc1cnc(CCNC(=NC)N2CC(CCN3CCCC3=O)c3ccccc32)s1. The number of nitrogens with one attached hydrogen (secondary N) is 1. The second-order valence-corrected chi connectivity index (χ2v) is 9.14. The molecular formula is C23H31N5OS. The van der Waals surface area contributed by atoms with Crippen molar-refractivity contribution in [2.24, 2.45) is 4.99 Å². The molecule has 2 aliphatic rings. The molecule has 7 heteroatoms. The lowest BCUT2D eigenvalue weighted by atomic mass is 9.98. The Morgan fingerprint density at radius 3 is 2.97 bits per heavy atom. The molecule has 0 aliphatic carbocycles. The molecular weight excluding hydrogens is 394 g/mol. The molecule has 160 valence electrons. The number of para-hydroxylation sites is 1. The van der Waals surface area contributed by atoms with Crippen molar-refractivity contribution >= 4 is 28.9 Å². The van der Waals surface area contributed by atoms with Crippen molar-refractivity contribution in [1.82, 2.24) is 15.2 Å². The smallest absolute Gasteiger partial charge is 0.222 e. The normalized spacial score (nSPS) is 18.9. The highest BCUT2D eigenvalue weighted by Gasteiger charge is 2.32. The number of amides is 1. The molecule has 3 heterocycles. The predicted octanol–water partition coefficient (Wildman–Crippen LogP) is 3.44. The van der Waals surface area contributed by atoms with Crippen LogP contribution in [0.25, 0.3) is 0 Å². The summed E-state index contributed by atoms with van der Waals surface area (Å²) in [7, 11) is 1.85. The first kappa shape index (κ1) is 20.8. The van der Waals surface area contributed by atoms with Gasteiger partial charge < -0.3 is 15.1 Å². The number of carbonyl (C=O) groups excluding carboxylic acids is 1. The van der Waals surface area contributed by atoms with Gasteiger partial charge in [0.15, 0.2) is 5.96 Å². The Morgan fingerprint density at radius 1 is 1.37 bits per heavy atom. The van der Waals surface area contributed by atoms with Gasteiger partial charge in [-0.25, -0.2) is 4.98 Å². The Morgan fingerprint density at radius 2 is 2.23 bits per heavy atom. The van der Waals surface area contributed by atoms with Crippen LogP contribution in [-0.4, -0.2) is 55.0 Å². The van der Waals surface area contributed by atoms with E-state index in [1.165, 1.54) is 21.1 Å². The summed E-state index contributed by atoms with van der Waals surface area (Å²) < 4.78 is 0. The highest BCUT2D eigenvalue weighted by Crippen LogP contribution is 2.38. The first-order chi connectivity index (χ1) is 14.7. The van der Waals surface area contributed by atoms with Gasteiger partial charge in [-0.15, -0.1) is 11.3 Å². The first-order valence-electron chi connectivity index (χ1n) is 11.0. The van der Waals surface area contributed by atoms with Crippen molar-refractivity contribution in [1.29, 1.82) is 0 Å². The Balaban J connectivity index is 1.38. The molecule has 1 aromatic carbocycles. The van der Waals surface area contributed by atoms with Crippen molar-refractivity contribution in [3.63, 3.8) is 0 Å². The first-order valence-corrected chi connectivity index (χ1v) is 11.8. The van der Waals surface area contributed by atoms with Gasteiger partial charge in [-0.05, 0) is 30.9 Å². The van der Waals surface area contributed by atoms with E-state index in [9.17, 15) is 4.79 Å². The molecule has 4 rings (SSSR count). The Hall–Kier alpha value is -2.41. The third-order valence-electron chi connectivity index (χ3n) is 6.03. The average molecular weight is 426 g/mol. The maximum atomic E-state index is 12.0. The average Bonchev–Trinajstić information content (AvgIpc) is 3.49. The number of hydrogen-bond acceptors (Lipinski definition) is 4. The highest BCUT2D eigenvalue weighted by atomic mass is 32.1. The largest absolute Gasteiger partial charge is 0.356 e. The van der Waals surface area contributed by atoms with E-state index >= 15 is 0 Å². The molecule has 0 radical (unpaired) electrons. The minimum Gasteiger partial charge on any atom is -0.356 e. The van der Waals surface area contributed by atoms with Crippen LogP contribution in [0, 0.1) is 0 Å². The number of likely N-dealkylation sites (tertiary alicyclic amines) is 1. The number of anilines is 1. The molecule has 0 spiro atoms. The van der Waals surface area contributed by atoms with Gasteiger partial charge in [-0.3, -0.25) is 9.79 Å². The van der Waals surface area contributed by atoms with Gasteiger partial charge >= 0.3 is 0 Å². The number of nitrogens with zero attached hydrogens (tertiary/aromatic N) is 4. The van der Waals surface area contributed by atoms with Gasteiger partial charge in [0, 0.05) is 68.7 Å². The van der Waals surface area contributed by atoms with Crippen molar-refractivity contribution in [2.45, 2.75) is 44.9 Å². The van der Waals surface area contributed by atoms with E-state index in [0.29, 0.717) is 18.2 Å². The lowest BCUT2D eigenvalue weighted by molar-refractivity contribution is -0.127. The third-order valence-corrected chi connectivity index (χ3v) is 7.23. The van der Waals surface area contributed by atoms with Crippen LogP contribution in [0.5, 0.6) is 0 Å². The number of aryl methyl sites for hydroxylation is 1. The summed E-state index contributed by atoms with van der Waals surface area (Å²) in [5.41, 5.74) is 2.59. The summed E-state index contributed by atoms with van der Waals surface area (Å²) in [6.07, 6.45) is 6.64. The van der Waals surface area contributed by atoms with E-state index < -0.39 is 0 Å². The van der Waals surface area contributed by atoms with Crippen LogP contribution in [-0.2, 0) is 17.6 Å². The number of benzene rings is 1. The lowest BCUT2D eigenvalue weighted by Crippen LogP contribution is -2.42. The summed E-state index contributed by atoms with van der Waals surface area (Å²) in [5.74, 6) is 1.64. The number of guanidine groups is 1.